The Bertz CT molecular complexity index is 764. The molecule has 0 atom stereocenters. The molecule has 0 aliphatic rings. The zero-order valence-electron chi connectivity index (χ0n) is 9.73. The standard InChI is InChI=1S/C11H6ClF3N4S/c12-3-6-5-20-9(17-6)7-4-16-10-18-8(11(13,14)15)1-2-19(7)10/h1-2,4-5H,3H2. The molecule has 0 radical (unpaired) electrons. The Morgan fingerprint density at radius 2 is 2.10 bits per heavy atom. The molecule has 3 heterocycles. The molecule has 0 aromatic carbocycles. The van der Waals surface area contributed by atoms with Crippen LogP contribution in [-0.4, -0.2) is 19.4 Å². The second-order valence-corrected chi connectivity index (χ2v) is 5.03. The third kappa shape index (κ3) is 2.25. The highest BCUT2D eigenvalue weighted by atomic mass is 35.5. The highest BCUT2D eigenvalue weighted by molar-refractivity contribution is 7.13. The van der Waals surface area contributed by atoms with Gasteiger partial charge in [0.25, 0.3) is 0 Å². The van der Waals surface area contributed by atoms with E-state index < -0.39 is 11.9 Å². The number of aromatic nitrogens is 4. The minimum atomic E-state index is -4.49. The molecule has 3 aromatic rings. The van der Waals surface area contributed by atoms with Crippen molar-refractivity contribution in [3.05, 3.63) is 35.2 Å². The number of fused-ring (bicyclic) bond motifs is 1. The van der Waals surface area contributed by atoms with E-state index in [1.165, 1.54) is 28.1 Å². The summed E-state index contributed by atoms with van der Waals surface area (Å²) in [5.41, 5.74) is 0.326. The molecule has 104 valence electrons. The fourth-order valence-electron chi connectivity index (χ4n) is 1.67. The summed E-state index contributed by atoms with van der Waals surface area (Å²) in [5, 5.41) is 2.42. The first-order chi connectivity index (χ1) is 9.49. The van der Waals surface area contributed by atoms with Gasteiger partial charge >= 0.3 is 6.18 Å². The lowest BCUT2D eigenvalue weighted by Gasteiger charge is -2.05. The van der Waals surface area contributed by atoms with E-state index in [1.54, 1.807) is 5.38 Å². The van der Waals surface area contributed by atoms with Gasteiger partial charge in [0.2, 0.25) is 5.78 Å². The minimum Gasteiger partial charge on any atom is -0.281 e. The van der Waals surface area contributed by atoms with E-state index in [9.17, 15) is 13.2 Å². The van der Waals surface area contributed by atoms with Crippen molar-refractivity contribution in [3.8, 4) is 10.7 Å². The van der Waals surface area contributed by atoms with Crippen LogP contribution in [0.1, 0.15) is 11.4 Å². The lowest BCUT2D eigenvalue weighted by atomic mass is 10.4. The molecular formula is C11H6ClF3N4S. The average molecular weight is 319 g/mol. The number of imidazole rings is 1. The van der Waals surface area contributed by atoms with Crippen LogP contribution in [0.5, 0.6) is 0 Å². The van der Waals surface area contributed by atoms with E-state index in [-0.39, 0.29) is 11.7 Å². The van der Waals surface area contributed by atoms with Crippen LogP contribution in [0.3, 0.4) is 0 Å². The summed E-state index contributed by atoms with van der Waals surface area (Å²) in [6.45, 7) is 0. The van der Waals surface area contributed by atoms with Gasteiger partial charge in [0.15, 0.2) is 0 Å². The van der Waals surface area contributed by atoms with Crippen LogP contribution >= 0.6 is 22.9 Å². The van der Waals surface area contributed by atoms with Crippen molar-refractivity contribution in [1.29, 1.82) is 0 Å². The van der Waals surface area contributed by atoms with Gasteiger partial charge in [0.1, 0.15) is 16.4 Å². The zero-order chi connectivity index (χ0) is 14.3. The third-order valence-corrected chi connectivity index (χ3v) is 3.76. The van der Waals surface area contributed by atoms with Crippen LogP contribution in [0.4, 0.5) is 13.2 Å². The number of nitrogens with zero attached hydrogens (tertiary/aromatic N) is 4. The van der Waals surface area contributed by atoms with E-state index >= 15 is 0 Å². The molecule has 0 amide bonds. The Morgan fingerprint density at radius 1 is 1.30 bits per heavy atom. The maximum Gasteiger partial charge on any atom is 0.433 e. The molecule has 0 aliphatic carbocycles. The van der Waals surface area contributed by atoms with E-state index in [0.29, 0.717) is 16.4 Å². The summed E-state index contributed by atoms with van der Waals surface area (Å²) in [4.78, 5) is 11.7. The zero-order valence-corrected chi connectivity index (χ0v) is 11.3. The smallest absolute Gasteiger partial charge is 0.281 e. The number of hydrogen-bond acceptors (Lipinski definition) is 4. The summed E-state index contributed by atoms with van der Waals surface area (Å²) in [5.74, 6) is 0.265. The van der Waals surface area contributed by atoms with Gasteiger partial charge < -0.3 is 0 Å². The molecule has 0 bridgehead atoms. The summed E-state index contributed by atoms with van der Waals surface area (Å²) in [7, 11) is 0. The number of halogens is 4. The summed E-state index contributed by atoms with van der Waals surface area (Å²) in [6, 6.07) is 0.911. The molecule has 3 aromatic heterocycles. The second kappa shape index (κ2) is 4.71. The van der Waals surface area contributed by atoms with Crippen LogP contribution < -0.4 is 0 Å². The average Bonchev–Trinajstić information content (AvgIpc) is 3.02. The number of rotatable bonds is 2. The van der Waals surface area contributed by atoms with Crippen molar-refractivity contribution in [2.45, 2.75) is 12.1 Å². The van der Waals surface area contributed by atoms with Crippen LogP contribution in [0, 0.1) is 0 Å². The van der Waals surface area contributed by atoms with E-state index in [4.69, 9.17) is 11.6 Å². The second-order valence-electron chi connectivity index (χ2n) is 3.90. The van der Waals surface area contributed by atoms with Gasteiger partial charge in [-0.15, -0.1) is 22.9 Å². The Morgan fingerprint density at radius 3 is 2.75 bits per heavy atom. The van der Waals surface area contributed by atoms with Gasteiger partial charge in [-0.25, -0.2) is 15.0 Å². The lowest BCUT2D eigenvalue weighted by Crippen LogP contribution is -2.09. The molecule has 0 aliphatic heterocycles. The monoisotopic (exact) mass is 318 g/mol. The molecule has 0 N–H and O–H groups in total. The van der Waals surface area contributed by atoms with Gasteiger partial charge in [-0.3, -0.25) is 4.40 Å². The molecule has 9 heteroatoms. The van der Waals surface area contributed by atoms with Crippen molar-refractivity contribution >= 4 is 28.7 Å². The first-order valence-electron chi connectivity index (χ1n) is 5.41. The Kier molecular flexibility index (Phi) is 3.14. The Hall–Kier alpha value is -1.67. The molecule has 20 heavy (non-hydrogen) atoms. The molecule has 0 unspecified atom stereocenters. The lowest BCUT2D eigenvalue weighted by molar-refractivity contribution is -0.141. The topological polar surface area (TPSA) is 43.1 Å². The van der Waals surface area contributed by atoms with Crippen LogP contribution in [-0.2, 0) is 12.1 Å². The Balaban J connectivity index is 2.10. The van der Waals surface area contributed by atoms with Crippen LogP contribution in [0.15, 0.2) is 23.8 Å². The highest BCUT2D eigenvalue weighted by Gasteiger charge is 2.33. The maximum absolute atomic E-state index is 12.6. The molecule has 0 saturated heterocycles. The molecule has 0 spiro atoms. The van der Waals surface area contributed by atoms with Gasteiger partial charge in [-0.1, -0.05) is 0 Å². The molecule has 0 saturated carbocycles. The van der Waals surface area contributed by atoms with Gasteiger partial charge in [0.05, 0.1) is 17.8 Å². The number of hydrogen-bond donors (Lipinski definition) is 0. The quantitative estimate of drug-likeness (QED) is 0.678. The number of thiazole rings is 1. The van der Waals surface area contributed by atoms with Crippen molar-refractivity contribution < 1.29 is 13.2 Å². The summed E-state index contributed by atoms with van der Waals surface area (Å²) >= 11 is 7.03. The Labute approximate surface area is 119 Å². The van der Waals surface area contributed by atoms with Gasteiger partial charge in [-0.2, -0.15) is 13.2 Å². The predicted octanol–water partition coefficient (Wildman–Crippen LogP) is 3.61. The van der Waals surface area contributed by atoms with Gasteiger partial charge in [-0.05, 0) is 6.07 Å². The van der Waals surface area contributed by atoms with E-state index in [1.807, 2.05) is 0 Å². The molecule has 3 rings (SSSR count). The van der Waals surface area contributed by atoms with Crippen LogP contribution in [0.2, 0.25) is 0 Å². The molecule has 0 fully saturated rings. The van der Waals surface area contributed by atoms with Crippen molar-refractivity contribution in [1.82, 2.24) is 19.4 Å². The molecular weight excluding hydrogens is 313 g/mol. The van der Waals surface area contributed by atoms with Crippen molar-refractivity contribution in [2.75, 3.05) is 0 Å². The first kappa shape index (κ1) is 13.3. The van der Waals surface area contributed by atoms with Crippen molar-refractivity contribution in [3.63, 3.8) is 0 Å². The largest absolute Gasteiger partial charge is 0.433 e. The maximum atomic E-state index is 12.6. The van der Waals surface area contributed by atoms with E-state index in [0.717, 1.165) is 6.07 Å². The molecule has 4 nitrogen and oxygen atoms in total. The van der Waals surface area contributed by atoms with Gasteiger partial charge in [0, 0.05) is 11.6 Å². The fourth-order valence-corrected chi connectivity index (χ4v) is 2.73. The number of alkyl halides is 4. The van der Waals surface area contributed by atoms with Crippen LogP contribution in [0.25, 0.3) is 16.5 Å². The van der Waals surface area contributed by atoms with Crippen molar-refractivity contribution in [2.24, 2.45) is 0 Å². The third-order valence-electron chi connectivity index (χ3n) is 2.58. The minimum absolute atomic E-state index is 0.0163. The highest BCUT2D eigenvalue weighted by Crippen LogP contribution is 2.29. The summed E-state index contributed by atoms with van der Waals surface area (Å²) in [6.07, 6.45) is -1.75. The predicted molar refractivity (Wildman–Crippen MR) is 68.7 cm³/mol. The summed E-state index contributed by atoms with van der Waals surface area (Å²) < 4.78 is 39.2. The fraction of sp³-hybridized carbons (Fsp3) is 0.182. The SMILES string of the molecule is FC(F)(F)c1ccn2c(-c3nc(CCl)cs3)cnc2n1. The first-order valence-corrected chi connectivity index (χ1v) is 6.82. The normalized spacial score (nSPS) is 12.2. The van der Waals surface area contributed by atoms with E-state index in [2.05, 4.69) is 15.0 Å².